The van der Waals surface area contributed by atoms with E-state index in [0.717, 1.165) is 90.0 Å². The number of carbonyl (C=O) groups excluding carboxylic acids is 13. The highest BCUT2D eigenvalue weighted by Gasteiger charge is 2.57. The van der Waals surface area contributed by atoms with Gasteiger partial charge in [-0.3, -0.25) is 62.3 Å². The number of carbonyl (C=O) groups is 13. The summed E-state index contributed by atoms with van der Waals surface area (Å²) in [5.74, 6) is -10.6. The van der Waals surface area contributed by atoms with E-state index < -0.39 is 227 Å². The third-order valence-electron chi connectivity index (χ3n) is 13.5. The zero-order chi connectivity index (χ0) is 70.8. The Balaban J connectivity index is 1.65. The number of rotatable bonds is 34. The fraction of sp³-hybridized carbons (Fsp3) is 0.746. The molecule has 0 radical (unpaired) electrons. The van der Waals surface area contributed by atoms with Crippen LogP contribution in [0.5, 0.6) is 0 Å². The van der Waals surface area contributed by atoms with Crippen molar-refractivity contribution in [3.8, 4) is 0 Å². The normalized spacial score (nSPS) is 30.2. The van der Waals surface area contributed by atoms with E-state index in [1.165, 1.54) is 6.08 Å². The molecule has 0 aromatic heterocycles. The van der Waals surface area contributed by atoms with Crippen molar-refractivity contribution in [3.05, 3.63) is 12.7 Å². The van der Waals surface area contributed by atoms with Crippen LogP contribution in [0.25, 0.3) is 0 Å². The second kappa shape index (κ2) is 39.5. The summed E-state index contributed by atoms with van der Waals surface area (Å²) >= 11 is 0. The van der Waals surface area contributed by atoms with E-state index in [-0.39, 0.29) is 45.9 Å². The molecule has 4 aliphatic rings. The Morgan fingerprint density at radius 2 is 0.579 bits per heavy atom. The first-order valence-corrected chi connectivity index (χ1v) is 30.0. The van der Waals surface area contributed by atoms with Crippen LogP contribution in [0.3, 0.4) is 0 Å². The van der Waals surface area contributed by atoms with Gasteiger partial charge in [-0.25, -0.2) is 0 Å². The summed E-state index contributed by atoms with van der Waals surface area (Å²) in [5.41, 5.74) is 0. The summed E-state index contributed by atoms with van der Waals surface area (Å²) < 4.78 is 122. The first kappa shape index (κ1) is 79.9. The molecule has 20 atom stereocenters. The first-order valence-electron chi connectivity index (χ1n) is 30.0. The van der Waals surface area contributed by atoms with E-state index in [0.29, 0.717) is 0 Å². The molecular formula is C59H86N2O34. The minimum atomic E-state index is -1.81. The Kier molecular flexibility index (Phi) is 33.2. The Morgan fingerprint density at radius 3 is 0.895 bits per heavy atom. The molecule has 4 rings (SSSR count). The molecule has 0 bridgehead atoms. The van der Waals surface area contributed by atoms with E-state index in [9.17, 15) is 62.3 Å². The van der Waals surface area contributed by atoms with Crippen molar-refractivity contribution in [2.75, 3.05) is 59.5 Å². The predicted octanol–water partition coefficient (Wildman–Crippen LogP) is -1.16. The number of amides is 2. The summed E-state index contributed by atoms with van der Waals surface area (Å²) in [5, 5.41) is 5.19. The number of nitrogens with one attached hydrogen (secondary N) is 2. The summed E-state index contributed by atoms with van der Waals surface area (Å²) in [4.78, 5) is 163. The third kappa shape index (κ3) is 26.5. The van der Waals surface area contributed by atoms with Crippen LogP contribution < -0.4 is 10.6 Å². The molecule has 536 valence electrons. The second-order valence-electron chi connectivity index (χ2n) is 21.7. The lowest BCUT2D eigenvalue weighted by Crippen LogP contribution is -2.67. The van der Waals surface area contributed by atoms with E-state index in [2.05, 4.69) is 17.2 Å². The van der Waals surface area contributed by atoms with Crippen LogP contribution >= 0.6 is 0 Å². The molecule has 0 saturated carbocycles. The molecule has 2 N–H and O–H groups in total. The van der Waals surface area contributed by atoms with Crippen molar-refractivity contribution in [1.82, 2.24) is 10.6 Å². The average molecular weight is 1370 g/mol. The van der Waals surface area contributed by atoms with E-state index >= 15 is 0 Å². The van der Waals surface area contributed by atoms with Crippen LogP contribution in [0.2, 0.25) is 0 Å². The van der Waals surface area contributed by atoms with Crippen molar-refractivity contribution in [2.45, 2.75) is 226 Å². The lowest BCUT2D eigenvalue weighted by atomic mass is 9.95. The fourth-order valence-corrected chi connectivity index (χ4v) is 10.4. The molecule has 2 amide bonds. The zero-order valence-electron chi connectivity index (χ0n) is 55.0. The average Bonchev–Trinajstić information content (AvgIpc) is 0.809. The predicted molar refractivity (Wildman–Crippen MR) is 307 cm³/mol. The van der Waals surface area contributed by atoms with Crippen LogP contribution in [0.15, 0.2) is 12.7 Å². The fourth-order valence-electron chi connectivity index (χ4n) is 10.4. The maximum atomic E-state index is 13.0. The lowest BCUT2D eigenvalue weighted by Gasteiger charge is -2.47. The molecular weight excluding hydrogens is 1280 g/mol. The van der Waals surface area contributed by atoms with Crippen LogP contribution in [0.1, 0.15) is 103 Å². The highest BCUT2D eigenvalue weighted by atomic mass is 16.8. The van der Waals surface area contributed by atoms with Gasteiger partial charge >= 0.3 is 65.7 Å². The van der Waals surface area contributed by atoms with Crippen molar-refractivity contribution in [1.29, 1.82) is 0 Å². The van der Waals surface area contributed by atoms with Crippen LogP contribution in [0.4, 0.5) is 0 Å². The SMILES string of the molecule is C=CCO[C@@H]1O[C@H](COC(C)=O)[C@@H](OCCCO[C@@H]2O[C@H](CO[C@@H]3O[C@H](COC(C)=O)[C@@H](OCCCO[C@@H]4O[C@H](COC(C)=O)[C@@H](OC(C)=O)[C@H](OC(C)=O)[C@H]4NC(C)=O)[C@H](OC(C)=O)[C@H]3OC(C)=O)[C@@H](OC(C)=O)[C@H](OC(C)=O)[C@H]2NC(C)=O)[C@H](OC(C)=O)[C@H]1OC(C)=O. The van der Waals surface area contributed by atoms with Crippen LogP contribution in [-0.4, -0.2) is 260 Å². The second-order valence-corrected chi connectivity index (χ2v) is 21.7. The van der Waals surface area contributed by atoms with Crippen molar-refractivity contribution in [2.24, 2.45) is 0 Å². The number of hydrogen-bond acceptors (Lipinski definition) is 34. The van der Waals surface area contributed by atoms with Gasteiger partial charge in [-0.05, 0) is 12.8 Å². The minimum Gasteiger partial charge on any atom is -0.463 e. The van der Waals surface area contributed by atoms with Gasteiger partial charge in [0.2, 0.25) is 11.8 Å². The van der Waals surface area contributed by atoms with E-state index in [1.807, 2.05) is 0 Å². The Morgan fingerprint density at radius 1 is 0.305 bits per heavy atom. The molecule has 4 aliphatic heterocycles. The smallest absolute Gasteiger partial charge is 0.303 e. The molecule has 4 heterocycles. The third-order valence-corrected chi connectivity index (χ3v) is 13.5. The van der Waals surface area contributed by atoms with Crippen LogP contribution in [-0.2, 0) is 162 Å². The standard InChI is InChI=1S/C59H86N2O34/c1-15-18-77-58-54(90-38(13)73)52(88-36(11)71)46(40(94-58)23-80-29(4)64)75-19-16-22-79-57-45(61-28(3)63)51(87-35(10)70)49(85-33(8)68)43(93-57)26-83-59-55(91-39(14)74)53(89-37(12)72)47(41(95-59)24-81-30(5)65)76-20-17-21-78-56-44(60-27(2)62)50(86-34(9)69)48(84-32(7)67)42(92-56)25-82-31(6)66/h15,40-59H,1,16-26H2,2-14H3,(H,60,62)(H,61,63)/t40-,41-,42-,43-,44-,45-,46-,47-,48-,49-,50-,51-,52+,53+,54-,55-,56-,57-,58-,59-/m1/s1. The molecule has 0 spiro atoms. The summed E-state index contributed by atoms with van der Waals surface area (Å²) in [6.45, 7) is 14.0. The molecule has 95 heavy (non-hydrogen) atoms. The Bertz CT molecular complexity index is 2660. The highest BCUT2D eigenvalue weighted by Crippen LogP contribution is 2.35. The first-order chi connectivity index (χ1) is 44.8. The van der Waals surface area contributed by atoms with Gasteiger partial charge in [0.25, 0.3) is 0 Å². The van der Waals surface area contributed by atoms with Gasteiger partial charge in [-0.15, -0.1) is 6.58 Å². The molecule has 4 fully saturated rings. The van der Waals surface area contributed by atoms with Gasteiger partial charge in [0.05, 0.1) is 26.4 Å². The number of hydrogen-bond donors (Lipinski definition) is 2. The van der Waals surface area contributed by atoms with Gasteiger partial charge in [0.1, 0.15) is 68.5 Å². The maximum Gasteiger partial charge on any atom is 0.303 e. The van der Waals surface area contributed by atoms with Crippen LogP contribution in [0, 0.1) is 0 Å². The van der Waals surface area contributed by atoms with Gasteiger partial charge in [-0.1, -0.05) is 6.08 Å². The largest absolute Gasteiger partial charge is 0.463 e. The lowest BCUT2D eigenvalue weighted by molar-refractivity contribution is -0.328. The van der Waals surface area contributed by atoms with Gasteiger partial charge in [-0.2, -0.15) is 0 Å². The Labute approximate surface area is 546 Å². The summed E-state index contributed by atoms with van der Waals surface area (Å²) in [6.07, 6.45) is -25.5. The molecule has 0 aliphatic carbocycles. The summed E-state index contributed by atoms with van der Waals surface area (Å²) in [7, 11) is 0. The van der Waals surface area contributed by atoms with Gasteiger partial charge in [0.15, 0.2) is 74.0 Å². The minimum absolute atomic E-state index is 0.0555. The summed E-state index contributed by atoms with van der Waals surface area (Å²) in [6, 6.07) is -2.76. The van der Waals surface area contributed by atoms with Gasteiger partial charge < -0.3 is 110 Å². The number of esters is 11. The molecule has 0 unspecified atom stereocenters. The maximum absolute atomic E-state index is 13.0. The molecule has 36 heteroatoms. The quantitative estimate of drug-likeness (QED) is 0.0332. The highest BCUT2D eigenvalue weighted by molar-refractivity contribution is 5.75. The monoisotopic (exact) mass is 1370 g/mol. The molecule has 4 saturated heterocycles. The van der Waals surface area contributed by atoms with Crippen molar-refractivity contribution < 1.29 is 162 Å². The molecule has 0 aromatic carbocycles. The number of ether oxygens (including phenoxy) is 21. The Hall–Kier alpha value is -7.55. The van der Waals surface area contributed by atoms with E-state index in [4.69, 9.17) is 99.5 Å². The van der Waals surface area contributed by atoms with Gasteiger partial charge in [0, 0.05) is 103 Å². The zero-order valence-corrected chi connectivity index (χ0v) is 55.0. The molecule has 36 nitrogen and oxygen atoms in total. The van der Waals surface area contributed by atoms with E-state index in [1.54, 1.807) is 0 Å². The molecule has 0 aromatic rings. The van der Waals surface area contributed by atoms with Crippen molar-refractivity contribution >= 4 is 77.5 Å². The topological polar surface area (TPSA) is 440 Å². The van der Waals surface area contributed by atoms with Crippen molar-refractivity contribution in [3.63, 3.8) is 0 Å².